The molecule has 0 bridgehead atoms. The molecule has 1 aromatic rings. The lowest BCUT2D eigenvalue weighted by atomic mass is 10.2. The summed E-state index contributed by atoms with van der Waals surface area (Å²) in [5, 5.41) is 10.9. The Morgan fingerprint density at radius 3 is 1.71 bits per heavy atom. The normalized spacial score (nSPS) is 12.6. The minimum atomic E-state index is -2.21. The highest BCUT2D eigenvalue weighted by atomic mass is 19.2. The van der Waals surface area contributed by atoms with Gasteiger partial charge in [-0.2, -0.15) is 0 Å². The number of aliphatic hydroxyl groups is 1. The van der Waals surface area contributed by atoms with Gasteiger partial charge in [0, 0.05) is 6.04 Å². The van der Waals surface area contributed by atoms with Crippen molar-refractivity contribution >= 4 is 5.69 Å². The third-order valence-electron chi connectivity index (χ3n) is 2.27. The highest BCUT2D eigenvalue weighted by Gasteiger charge is 2.26. The van der Waals surface area contributed by atoms with Crippen LogP contribution < -0.4 is 5.32 Å². The molecule has 1 aromatic carbocycles. The molecule has 0 heterocycles. The van der Waals surface area contributed by atoms with Gasteiger partial charge in [0.05, 0.1) is 6.61 Å². The number of hydrogen-bond acceptors (Lipinski definition) is 2. The van der Waals surface area contributed by atoms with E-state index in [9.17, 15) is 22.0 Å². The van der Waals surface area contributed by atoms with E-state index >= 15 is 0 Å². The van der Waals surface area contributed by atoms with E-state index in [4.69, 9.17) is 5.11 Å². The molecule has 1 rings (SSSR count). The van der Waals surface area contributed by atoms with Crippen molar-refractivity contribution in [3.8, 4) is 0 Å². The molecule has 0 aliphatic carbocycles. The summed E-state index contributed by atoms with van der Waals surface area (Å²) in [6.07, 6.45) is 0.260. The zero-order chi connectivity index (χ0) is 13.2. The first-order valence-electron chi connectivity index (χ1n) is 4.82. The Morgan fingerprint density at radius 2 is 1.35 bits per heavy atom. The largest absolute Gasteiger partial charge is 0.394 e. The number of benzene rings is 1. The molecule has 0 amide bonds. The lowest BCUT2D eigenvalue weighted by molar-refractivity contribution is 0.270. The highest BCUT2D eigenvalue weighted by molar-refractivity contribution is 5.48. The fourth-order valence-corrected chi connectivity index (χ4v) is 1.21. The Kier molecular flexibility index (Phi) is 4.28. The van der Waals surface area contributed by atoms with Crippen LogP contribution in [0.1, 0.15) is 13.3 Å². The number of aliphatic hydroxyl groups excluding tert-OH is 1. The lowest BCUT2D eigenvalue weighted by Crippen LogP contribution is -2.25. The third kappa shape index (κ3) is 2.49. The molecule has 2 N–H and O–H groups in total. The summed E-state index contributed by atoms with van der Waals surface area (Å²) in [7, 11) is 0. The van der Waals surface area contributed by atoms with E-state index in [-0.39, 0.29) is 6.42 Å². The number of anilines is 1. The van der Waals surface area contributed by atoms with Crippen molar-refractivity contribution in [1.82, 2.24) is 0 Å². The Balaban J connectivity index is 3.24. The van der Waals surface area contributed by atoms with E-state index in [1.165, 1.54) is 0 Å². The molecule has 0 aliphatic heterocycles. The topological polar surface area (TPSA) is 32.3 Å². The molecular formula is C10H10F5NO. The summed E-state index contributed by atoms with van der Waals surface area (Å²) in [6.45, 7) is 1.09. The van der Waals surface area contributed by atoms with Crippen molar-refractivity contribution in [3.63, 3.8) is 0 Å². The standard InChI is InChI=1S/C10H10F5NO/c1-2-4(3-17)16-10-8(14)6(12)5(11)7(13)9(10)15/h4,16-17H,2-3H2,1H3. The fourth-order valence-electron chi connectivity index (χ4n) is 1.21. The quantitative estimate of drug-likeness (QED) is 0.492. The van der Waals surface area contributed by atoms with Crippen LogP contribution in [0, 0.1) is 29.1 Å². The lowest BCUT2D eigenvalue weighted by Gasteiger charge is -2.17. The Bertz CT molecular complexity index is 391. The molecule has 96 valence electrons. The van der Waals surface area contributed by atoms with E-state index in [1.807, 2.05) is 0 Å². The van der Waals surface area contributed by atoms with Crippen LogP contribution in [0.3, 0.4) is 0 Å². The SMILES string of the molecule is CCC(CO)Nc1c(F)c(F)c(F)c(F)c1F. The second kappa shape index (κ2) is 5.31. The van der Waals surface area contributed by atoms with E-state index in [0.717, 1.165) is 0 Å². The predicted molar refractivity (Wildman–Crippen MR) is 51.0 cm³/mol. The van der Waals surface area contributed by atoms with Gasteiger partial charge in [-0.15, -0.1) is 0 Å². The van der Waals surface area contributed by atoms with Crippen LogP contribution in [-0.4, -0.2) is 17.8 Å². The number of halogens is 5. The molecule has 0 aliphatic rings. The molecule has 0 saturated heterocycles. The number of nitrogens with one attached hydrogen (secondary N) is 1. The van der Waals surface area contributed by atoms with E-state index < -0.39 is 47.4 Å². The smallest absolute Gasteiger partial charge is 0.200 e. The van der Waals surface area contributed by atoms with Crippen LogP contribution in [0.15, 0.2) is 0 Å². The first-order chi connectivity index (χ1) is 7.93. The van der Waals surface area contributed by atoms with Crippen molar-refractivity contribution in [2.24, 2.45) is 0 Å². The Labute approximate surface area is 94.1 Å². The molecule has 0 spiro atoms. The summed E-state index contributed by atoms with van der Waals surface area (Å²) < 4.78 is 64.6. The highest BCUT2D eigenvalue weighted by Crippen LogP contribution is 2.27. The summed E-state index contributed by atoms with van der Waals surface area (Å²) in [5.41, 5.74) is -1.12. The minimum Gasteiger partial charge on any atom is -0.394 e. The van der Waals surface area contributed by atoms with Gasteiger partial charge in [0.15, 0.2) is 23.3 Å². The predicted octanol–water partition coefficient (Wildman–Crippen LogP) is 2.56. The van der Waals surface area contributed by atoms with Crippen LogP contribution >= 0.6 is 0 Å². The fraction of sp³-hybridized carbons (Fsp3) is 0.400. The average molecular weight is 255 g/mol. The van der Waals surface area contributed by atoms with Crippen LogP contribution in [0.5, 0.6) is 0 Å². The molecule has 7 heteroatoms. The Morgan fingerprint density at radius 1 is 0.941 bits per heavy atom. The van der Waals surface area contributed by atoms with Gasteiger partial charge in [0.2, 0.25) is 5.82 Å². The van der Waals surface area contributed by atoms with E-state index in [1.54, 1.807) is 6.92 Å². The molecule has 1 unspecified atom stereocenters. The van der Waals surface area contributed by atoms with Crippen LogP contribution in [0.25, 0.3) is 0 Å². The second-order valence-electron chi connectivity index (χ2n) is 3.38. The summed E-state index contributed by atoms with van der Waals surface area (Å²) >= 11 is 0. The average Bonchev–Trinajstić information content (AvgIpc) is 2.34. The molecule has 0 radical (unpaired) electrons. The molecule has 0 saturated carbocycles. The number of rotatable bonds is 4. The van der Waals surface area contributed by atoms with E-state index in [0.29, 0.717) is 0 Å². The van der Waals surface area contributed by atoms with Crippen molar-refractivity contribution in [2.45, 2.75) is 19.4 Å². The maximum absolute atomic E-state index is 13.2. The van der Waals surface area contributed by atoms with Crippen molar-refractivity contribution < 1.29 is 27.1 Å². The van der Waals surface area contributed by atoms with Gasteiger partial charge in [-0.3, -0.25) is 0 Å². The van der Waals surface area contributed by atoms with Crippen LogP contribution in [0.2, 0.25) is 0 Å². The van der Waals surface area contributed by atoms with Gasteiger partial charge in [-0.1, -0.05) is 6.92 Å². The third-order valence-corrected chi connectivity index (χ3v) is 2.27. The van der Waals surface area contributed by atoms with Gasteiger partial charge >= 0.3 is 0 Å². The first kappa shape index (κ1) is 13.7. The minimum absolute atomic E-state index is 0.260. The number of hydrogen-bond donors (Lipinski definition) is 2. The maximum Gasteiger partial charge on any atom is 0.200 e. The maximum atomic E-state index is 13.2. The van der Waals surface area contributed by atoms with Crippen LogP contribution in [0.4, 0.5) is 27.6 Å². The van der Waals surface area contributed by atoms with Gasteiger partial charge in [-0.05, 0) is 6.42 Å². The van der Waals surface area contributed by atoms with Gasteiger partial charge in [0.1, 0.15) is 5.69 Å². The molecular weight excluding hydrogens is 245 g/mol. The Hall–Kier alpha value is -1.37. The zero-order valence-corrected chi connectivity index (χ0v) is 8.83. The second-order valence-corrected chi connectivity index (χ2v) is 3.38. The molecule has 17 heavy (non-hydrogen) atoms. The van der Waals surface area contributed by atoms with Gasteiger partial charge < -0.3 is 10.4 Å². The molecule has 1 atom stereocenters. The summed E-state index contributed by atoms with van der Waals surface area (Å²) in [6, 6.07) is -0.789. The summed E-state index contributed by atoms with van der Waals surface area (Å²) in [5.74, 6) is -10.1. The molecule has 0 aromatic heterocycles. The summed E-state index contributed by atoms with van der Waals surface area (Å²) in [4.78, 5) is 0. The first-order valence-corrected chi connectivity index (χ1v) is 4.82. The van der Waals surface area contributed by atoms with Gasteiger partial charge in [-0.25, -0.2) is 22.0 Å². The monoisotopic (exact) mass is 255 g/mol. The van der Waals surface area contributed by atoms with Crippen molar-refractivity contribution in [3.05, 3.63) is 29.1 Å². The van der Waals surface area contributed by atoms with Crippen molar-refractivity contribution in [2.75, 3.05) is 11.9 Å². The zero-order valence-electron chi connectivity index (χ0n) is 8.83. The molecule has 0 fully saturated rings. The van der Waals surface area contributed by atoms with Crippen LogP contribution in [-0.2, 0) is 0 Å². The van der Waals surface area contributed by atoms with Crippen molar-refractivity contribution in [1.29, 1.82) is 0 Å². The van der Waals surface area contributed by atoms with Gasteiger partial charge in [0.25, 0.3) is 0 Å². The van der Waals surface area contributed by atoms with E-state index in [2.05, 4.69) is 5.32 Å². The molecule has 2 nitrogen and oxygen atoms in total.